The molecule has 8 nitrogen and oxygen atoms in total. The van der Waals surface area contributed by atoms with Crippen molar-refractivity contribution in [2.75, 3.05) is 17.3 Å². The highest BCUT2D eigenvalue weighted by Crippen LogP contribution is 2.21. The molecule has 3 N–H and O–H groups in total. The molecule has 0 radical (unpaired) electrons. The second kappa shape index (κ2) is 6.27. The zero-order chi connectivity index (χ0) is 15.4. The van der Waals surface area contributed by atoms with E-state index < -0.39 is 15.7 Å². The molecule has 21 heavy (non-hydrogen) atoms. The number of nitro groups is 1. The van der Waals surface area contributed by atoms with Crippen molar-refractivity contribution in [2.45, 2.75) is 5.75 Å². The van der Waals surface area contributed by atoms with Gasteiger partial charge in [0, 0.05) is 28.5 Å². The van der Waals surface area contributed by atoms with Crippen molar-refractivity contribution in [3.05, 3.63) is 46.1 Å². The van der Waals surface area contributed by atoms with E-state index in [-0.39, 0.29) is 17.5 Å². The third kappa shape index (κ3) is 3.96. The Morgan fingerprint density at radius 3 is 2.86 bits per heavy atom. The minimum Gasteiger partial charge on any atom is -0.378 e. The van der Waals surface area contributed by atoms with Crippen molar-refractivity contribution < 1.29 is 9.13 Å². The van der Waals surface area contributed by atoms with Gasteiger partial charge in [0.1, 0.15) is 6.20 Å². The number of hydrogen-bond donors (Lipinski definition) is 2. The number of anilines is 3. The molecule has 0 spiro atoms. The van der Waals surface area contributed by atoms with Gasteiger partial charge in [-0.05, 0) is 17.7 Å². The zero-order valence-corrected chi connectivity index (χ0v) is 12.0. The normalized spacial score (nSPS) is 11.9. The monoisotopic (exact) mass is 307 g/mol. The zero-order valence-electron chi connectivity index (χ0n) is 11.1. The Balaban J connectivity index is 2.20. The molecule has 9 heteroatoms. The first-order valence-electron chi connectivity index (χ1n) is 5.88. The van der Waals surface area contributed by atoms with Crippen molar-refractivity contribution >= 4 is 33.9 Å². The molecule has 0 bridgehead atoms. The predicted octanol–water partition coefficient (Wildman–Crippen LogP) is 1.59. The standard InChI is InChI=1S/C12H13N5O3S/c1-21(20)7-8-3-2-4-9(5-8)15-12-14-6-10(17(18)19)11(13)16-12/h2-6H,7H2,1H3,(H3,13,14,15,16). The molecule has 0 amide bonds. The Bertz CT molecular complexity index is 707. The molecule has 1 aromatic carbocycles. The first kappa shape index (κ1) is 14.9. The smallest absolute Gasteiger partial charge is 0.329 e. The maximum atomic E-state index is 11.2. The van der Waals surface area contributed by atoms with Crippen LogP contribution in [0.1, 0.15) is 5.56 Å². The van der Waals surface area contributed by atoms with Crippen LogP contribution in [0, 0.1) is 10.1 Å². The molecule has 0 saturated carbocycles. The fourth-order valence-corrected chi connectivity index (χ4v) is 2.34. The second-order valence-electron chi connectivity index (χ2n) is 4.26. The van der Waals surface area contributed by atoms with Crippen LogP contribution in [-0.2, 0) is 16.6 Å². The van der Waals surface area contributed by atoms with E-state index in [0.717, 1.165) is 11.8 Å². The number of benzene rings is 1. The molecule has 2 aromatic rings. The van der Waals surface area contributed by atoms with Crippen molar-refractivity contribution in [3.8, 4) is 0 Å². The second-order valence-corrected chi connectivity index (χ2v) is 5.70. The van der Waals surface area contributed by atoms with Gasteiger partial charge in [-0.1, -0.05) is 12.1 Å². The van der Waals surface area contributed by atoms with Crippen molar-refractivity contribution in [2.24, 2.45) is 0 Å². The van der Waals surface area contributed by atoms with Gasteiger partial charge in [-0.3, -0.25) is 14.3 Å². The molecule has 2 rings (SSSR count). The first-order valence-corrected chi connectivity index (χ1v) is 7.61. The van der Waals surface area contributed by atoms with Gasteiger partial charge >= 0.3 is 5.69 Å². The summed E-state index contributed by atoms with van der Waals surface area (Å²) in [7, 11) is -0.937. The molecule has 0 saturated heterocycles. The predicted molar refractivity (Wildman–Crippen MR) is 80.6 cm³/mol. The number of hydrogen-bond acceptors (Lipinski definition) is 7. The third-order valence-corrected chi connectivity index (χ3v) is 3.29. The fourth-order valence-electron chi connectivity index (χ4n) is 1.69. The molecule has 0 fully saturated rings. The molecule has 1 heterocycles. The lowest BCUT2D eigenvalue weighted by atomic mass is 10.2. The Hall–Kier alpha value is -2.55. The van der Waals surface area contributed by atoms with Gasteiger partial charge in [0.2, 0.25) is 11.8 Å². The molecule has 1 unspecified atom stereocenters. The lowest BCUT2D eigenvalue weighted by molar-refractivity contribution is -0.384. The number of nitrogens with zero attached hydrogens (tertiary/aromatic N) is 3. The highest BCUT2D eigenvalue weighted by Gasteiger charge is 2.14. The maximum absolute atomic E-state index is 11.2. The van der Waals surface area contributed by atoms with Crippen LogP contribution in [0.15, 0.2) is 30.5 Å². The lowest BCUT2D eigenvalue weighted by Crippen LogP contribution is -2.04. The molecule has 0 aliphatic carbocycles. The Labute approximate surface area is 123 Å². The Morgan fingerprint density at radius 1 is 1.48 bits per heavy atom. The Kier molecular flexibility index (Phi) is 4.43. The molecule has 1 aromatic heterocycles. The third-order valence-electron chi connectivity index (χ3n) is 2.55. The van der Waals surface area contributed by atoms with Gasteiger partial charge in [-0.15, -0.1) is 0 Å². The quantitative estimate of drug-likeness (QED) is 0.634. The van der Waals surface area contributed by atoms with Crippen LogP contribution >= 0.6 is 0 Å². The number of nitrogens with two attached hydrogens (primary N) is 1. The largest absolute Gasteiger partial charge is 0.378 e. The van der Waals surface area contributed by atoms with Crippen LogP contribution in [-0.4, -0.2) is 25.4 Å². The van der Waals surface area contributed by atoms with Gasteiger partial charge < -0.3 is 11.1 Å². The van der Waals surface area contributed by atoms with Gasteiger partial charge in [0.15, 0.2) is 0 Å². The summed E-state index contributed by atoms with van der Waals surface area (Å²) in [6, 6.07) is 7.25. The van der Waals surface area contributed by atoms with Crippen LogP contribution in [0.3, 0.4) is 0 Å². The number of nitrogens with one attached hydrogen (secondary N) is 1. The summed E-state index contributed by atoms with van der Waals surface area (Å²) in [5, 5.41) is 13.5. The Morgan fingerprint density at radius 2 is 2.24 bits per heavy atom. The van der Waals surface area contributed by atoms with E-state index in [1.807, 2.05) is 12.1 Å². The van der Waals surface area contributed by atoms with E-state index in [9.17, 15) is 14.3 Å². The highest BCUT2D eigenvalue weighted by atomic mass is 32.2. The lowest BCUT2D eigenvalue weighted by Gasteiger charge is -2.07. The number of rotatable bonds is 5. The molecular weight excluding hydrogens is 294 g/mol. The summed E-state index contributed by atoms with van der Waals surface area (Å²) >= 11 is 0. The molecule has 0 aliphatic rings. The van der Waals surface area contributed by atoms with Gasteiger partial charge in [0.25, 0.3) is 0 Å². The minimum absolute atomic E-state index is 0.160. The minimum atomic E-state index is -0.937. The fraction of sp³-hybridized carbons (Fsp3) is 0.167. The summed E-state index contributed by atoms with van der Waals surface area (Å²) in [5.74, 6) is 0.398. The van der Waals surface area contributed by atoms with Gasteiger partial charge in [0.05, 0.1) is 4.92 Å². The summed E-state index contributed by atoms with van der Waals surface area (Å²) in [6.07, 6.45) is 2.68. The molecular formula is C12H13N5O3S. The van der Waals surface area contributed by atoms with E-state index in [1.165, 1.54) is 0 Å². The highest BCUT2D eigenvalue weighted by molar-refractivity contribution is 7.83. The van der Waals surface area contributed by atoms with Crippen molar-refractivity contribution in [1.29, 1.82) is 0 Å². The number of aromatic nitrogens is 2. The topological polar surface area (TPSA) is 124 Å². The average Bonchev–Trinajstić information content (AvgIpc) is 2.37. The summed E-state index contributed by atoms with van der Waals surface area (Å²) < 4.78 is 11.2. The van der Waals surface area contributed by atoms with E-state index >= 15 is 0 Å². The maximum Gasteiger partial charge on any atom is 0.329 e. The van der Waals surface area contributed by atoms with E-state index in [2.05, 4.69) is 15.3 Å². The SMILES string of the molecule is CS(=O)Cc1cccc(Nc2ncc([N+](=O)[O-])c(N)n2)c1. The summed E-state index contributed by atoms with van der Waals surface area (Å²) in [5.41, 5.74) is 6.75. The van der Waals surface area contributed by atoms with E-state index in [1.54, 1.807) is 18.4 Å². The van der Waals surface area contributed by atoms with E-state index in [4.69, 9.17) is 5.73 Å². The molecule has 110 valence electrons. The number of nitrogen functional groups attached to an aromatic ring is 1. The molecule has 0 aliphatic heterocycles. The van der Waals surface area contributed by atoms with Crippen LogP contribution in [0.4, 0.5) is 23.1 Å². The molecule has 1 atom stereocenters. The van der Waals surface area contributed by atoms with Crippen LogP contribution in [0.2, 0.25) is 0 Å². The summed E-state index contributed by atoms with van der Waals surface area (Å²) in [6.45, 7) is 0. The summed E-state index contributed by atoms with van der Waals surface area (Å²) in [4.78, 5) is 17.7. The average molecular weight is 307 g/mol. The first-order chi connectivity index (χ1) is 9.95. The van der Waals surface area contributed by atoms with Gasteiger partial charge in [-0.2, -0.15) is 4.98 Å². The van der Waals surface area contributed by atoms with Crippen LogP contribution in [0.5, 0.6) is 0 Å². The van der Waals surface area contributed by atoms with Gasteiger partial charge in [-0.25, -0.2) is 4.98 Å². The van der Waals surface area contributed by atoms with Crippen molar-refractivity contribution in [1.82, 2.24) is 9.97 Å². The van der Waals surface area contributed by atoms with Crippen LogP contribution < -0.4 is 11.1 Å². The van der Waals surface area contributed by atoms with Crippen LogP contribution in [0.25, 0.3) is 0 Å². The van der Waals surface area contributed by atoms with E-state index in [0.29, 0.717) is 11.4 Å². The van der Waals surface area contributed by atoms with Crippen molar-refractivity contribution in [3.63, 3.8) is 0 Å².